The number of rotatable bonds is 5. The number of nitrogens with zero attached hydrogens (tertiary/aromatic N) is 3. The fourth-order valence-corrected chi connectivity index (χ4v) is 3.36. The summed E-state index contributed by atoms with van der Waals surface area (Å²) in [5, 5.41) is 7.88. The summed E-state index contributed by atoms with van der Waals surface area (Å²) in [5.41, 5.74) is 3.50. The number of fused-ring (bicyclic) bond motifs is 1. The Kier molecular flexibility index (Phi) is 5.15. The second-order valence-electron chi connectivity index (χ2n) is 5.82. The lowest BCUT2D eigenvalue weighted by Crippen LogP contribution is -2.39. The van der Waals surface area contributed by atoms with Crippen molar-refractivity contribution in [2.75, 3.05) is 20.6 Å². The molecule has 0 fully saturated rings. The van der Waals surface area contributed by atoms with Crippen LogP contribution in [0.1, 0.15) is 16.4 Å². The van der Waals surface area contributed by atoms with Crippen LogP contribution in [0.2, 0.25) is 0 Å². The molecule has 0 saturated carbocycles. The van der Waals surface area contributed by atoms with Gasteiger partial charge < -0.3 is 15.2 Å². The SMILES string of the molecule is CN=C(NCCc1cc2ccccc2[nH]1)N(C)Cc1csc(C)n1. The summed E-state index contributed by atoms with van der Waals surface area (Å²) in [6, 6.07) is 10.6. The predicted molar refractivity (Wildman–Crippen MR) is 102 cm³/mol. The van der Waals surface area contributed by atoms with Crippen molar-refractivity contribution in [2.45, 2.75) is 19.9 Å². The number of hydrogen-bond donors (Lipinski definition) is 2. The van der Waals surface area contributed by atoms with Crippen molar-refractivity contribution in [3.8, 4) is 0 Å². The second kappa shape index (κ2) is 7.49. The fraction of sp³-hybridized carbons (Fsp3) is 0.333. The normalized spacial score (nSPS) is 11.9. The van der Waals surface area contributed by atoms with E-state index in [0.29, 0.717) is 0 Å². The molecule has 0 spiro atoms. The van der Waals surface area contributed by atoms with Crippen LogP contribution in [-0.2, 0) is 13.0 Å². The minimum atomic E-state index is 0.760. The van der Waals surface area contributed by atoms with Crippen molar-refractivity contribution in [3.63, 3.8) is 0 Å². The Balaban J connectivity index is 1.53. The number of aryl methyl sites for hydroxylation is 1. The van der Waals surface area contributed by atoms with Crippen LogP contribution in [0.5, 0.6) is 0 Å². The molecule has 0 atom stereocenters. The Morgan fingerprint density at radius 3 is 2.92 bits per heavy atom. The average molecular weight is 341 g/mol. The molecule has 5 nitrogen and oxygen atoms in total. The summed E-state index contributed by atoms with van der Waals surface area (Å²) < 4.78 is 0. The standard InChI is InChI=1S/C18H23N5S/c1-13-21-16(12-24-13)11-23(3)18(19-2)20-9-8-15-10-14-6-4-5-7-17(14)22-15/h4-7,10,12,22H,8-9,11H2,1-3H3,(H,19,20). The maximum atomic E-state index is 4.51. The van der Waals surface area contributed by atoms with Crippen LogP contribution in [-0.4, -0.2) is 41.5 Å². The van der Waals surface area contributed by atoms with Crippen molar-refractivity contribution in [1.29, 1.82) is 0 Å². The smallest absolute Gasteiger partial charge is 0.193 e. The van der Waals surface area contributed by atoms with Gasteiger partial charge in [0.25, 0.3) is 0 Å². The maximum absolute atomic E-state index is 4.51. The molecule has 24 heavy (non-hydrogen) atoms. The summed E-state index contributed by atoms with van der Waals surface area (Å²) in [5.74, 6) is 0.886. The predicted octanol–water partition coefficient (Wildman–Crippen LogP) is 3.18. The first-order valence-corrected chi connectivity index (χ1v) is 8.93. The molecule has 0 bridgehead atoms. The molecule has 1 aromatic carbocycles. The molecule has 0 unspecified atom stereocenters. The van der Waals surface area contributed by atoms with Gasteiger partial charge in [0.15, 0.2) is 5.96 Å². The third kappa shape index (κ3) is 3.94. The summed E-state index contributed by atoms with van der Waals surface area (Å²) in [6.45, 7) is 3.62. The average Bonchev–Trinajstić information content (AvgIpc) is 3.16. The molecule has 2 heterocycles. The molecular weight excluding hydrogens is 318 g/mol. The van der Waals surface area contributed by atoms with Crippen LogP contribution in [0, 0.1) is 6.92 Å². The summed E-state index contributed by atoms with van der Waals surface area (Å²) >= 11 is 1.68. The minimum Gasteiger partial charge on any atom is -0.358 e. The number of hydrogen-bond acceptors (Lipinski definition) is 3. The molecule has 3 aromatic rings. The Morgan fingerprint density at radius 2 is 2.21 bits per heavy atom. The highest BCUT2D eigenvalue weighted by molar-refractivity contribution is 7.09. The molecule has 0 saturated heterocycles. The summed E-state index contributed by atoms with van der Waals surface area (Å²) in [7, 11) is 3.85. The van der Waals surface area contributed by atoms with Gasteiger partial charge in [-0.05, 0) is 24.4 Å². The van der Waals surface area contributed by atoms with E-state index in [9.17, 15) is 0 Å². The van der Waals surface area contributed by atoms with E-state index in [2.05, 4.69) is 60.9 Å². The third-order valence-corrected chi connectivity index (χ3v) is 4.72. The van der Waals surface area contributed by atoms with Crippen LogP contribution in [0.15, 0.2) is 40.7 Å². The Labute approximate surface area is 146 Å². The largest absolute Gasteiger partial charge is 0.358 e. The molecule has 0 radical (unpaired) electrons. The highest BCUT2D eigenvalue weighted by atomic mass is 32.1. The van der Waals surface area contributed by atoms with Crippen molar-refractivity contribution >= 4 is 28.2 Å². The van der Waals surface area contributed by atoms with Gasteiger partial charge in [0.1, 0.15) is 0 Å². The first-order chi connectivity index (χ1) is 11.7. The quantitative estimate of drug-likeness (QED) is 0.553. The zero-order chi connectivity index (χ0) is 16.9. The van der Waals surface area contributed by atoms with E-state index in [1.807, 2.05) is 21.0 Å². The third-order valence-electron chi connectivity index (χ3n) is 3.90. The molecular formula is C18H23N5S. The number of H-pyrrole nitrogens is 1. The van der Waals surface area contributed by atoms with Gasteiger partial charge in [-0.1, -0.05) is 18.2 Å². The van der Waals surface area contributed by atoms with E-state index in [-0.39, 0.29) is 0 Å². The van der Waals surface area contributed by atoms with E-state index in [1.165, 1.54) is 16.6 Å². The van der Waals surface area contributed by atoms with Gasteiger partial charge in [-0.25, -0.2) is 4.98 Å². The zero-order valence-electron chi connectivity index (χ0n) is 14.3. The lowest BCUT2D eigenvalue weighted by Gasteiger charge is -2.21. The molecule has 3 rings (SSSR count). The number of guanidine groups is 1. The van der Waals surface area contributed by atoms with E-state index in [0.717, 1.165) is 36.2 Å². The second-order valence-corrected chi connectivity index (χ2v) is 6.88. The zero-order valence-corrected chi connectivity index (χ0v) is 15.2. The van der Waals surface area contributed by atoms with E-state index >= 15 is 0 Å². The van der Waals surface area contributed by atoms with Gasteiger partial charge >= 0.3 is 0 Å². The van der Waals surface area contributed by atoms with Crippen molar-refractivity contribution in [1.82, 2.24) is 20.2 Å². The van der Waals surface area contributed by atoms with Gasteiger partial charge in [-0.2, -0.15) is 0 Å². The molecule has 0 aliphatic heterocycles. The van der Waals surface area contributed by atoms with Gasteiger partial charge in [-0.3, -0.25) is 4.99 Å². The summed E-state index contributed by atoms with van der Waals surface area (Å²) in [6.07, 6.45) is 0.928. The highest BCUT2D eigenvalue weighted by Crippen LogP contribution is 2.14. The van der Waals surface area contributed by atoms with E-state index in [4.69, 9.17) is 0 Å². The van der Waals surface area contributed by atoms with Crippen molar-refractivity contribution in [3.05, 3.63) is 52.1 Å². The van der Waals surface area contributed by atoms with Gasteiger partial charge in [0.05, 0.1) is 17.2 Å². The molecule has 126 valence electrons. The van der Waals surface area contributed by atoms with Crippen LogP contribution in [0.4, 0.5) is 0 Å². The first kappa shape index (κ1) is 16.5. The van der Waals surface area contributed by atoms with E-state index < -0.39 is 0 Å². The number of aromatic amines is 1. The Hall–Kier alpha value is -2.34. The van der Waals surface area contributed by atoms with Crippen molar-refractivity contribution in [2.24, 2.45) is 4.99 Å². The Morgan fingerprint density at radius 1 is 1.38 bits per heavy atom. The number of para-hydroxylation sites is 1. The molecule has 2 N–H and O–H groups in total. The maximum Gasteiger partial charge on any atom is 0.193 e. The number of benzene rings is 1. The lowest BCUT2D eigenvalue weighted by molar-refractivity contribution is 0.471. The Bertz CT molecular complexity index is 800. The molecule has 0 aliphatic rings. The van der Waals surface area contributed by atoms with Crippen molar-refractivity contribution < 1.29 is 0 Å². The highest BCUT2D eigenvalue weighted by Gasteiger charge is 2.08. The first-order valence-electron chi connectivity index (χ1n) is 8.05. The molecule has 6 heteroatoms. The molecule has 2 aromatic heterocycles. The number of thiazole rings is 1. The van der Waals surface area contributed by atoms with Crippen LogP contribution >= 0.6 is 11.3 Å². The topological polar surface area (TPSA) is 56.3 Å². The molecule has 0 amide bonds. The minimum absolute atomic E-state index is 0.760. The lowest BCUT2D eigenvalue weighted by atomic mass is 10.2. The number of aliphatic imine (C=N–C) groups is 1. The van der Waals surface area contributed by atoms with Gasteiger partial charge in [0.2, 0.25) is 0 Å². The summed E-state index contributed by atoms with van der Waals surface area (Å²) in [4.78, 5) is 14.4. The van der Waals surface area contributed by atoms with Gasteiger partial charge in [-0.15, -0.1) is 11.3 Å². The molecule has 0 aliphatic carbocycles. The van der Waals surface area contributed by atoms with E-state index in [1.54, 1.807) is 11.3 Å². The van der Waals surface area contributed by atoms with Crippen LogP contribution in [0.3, 0.4) is 0 Å². The number of nitrogens with one attached hydrogen (secondary N) is 2. The fourth-order valence-electron chi connectivity index (χ4n) is 2.76. The number of aromatic nitrogens is 2. The van der Waals surface area contributed by atoms with Crippen LogP contribution in [0.25, 0.3) is 10.9 Å². The van der Waals surface area contributed by atoms with Crippen LogP contribution < -0.4 is 5.32 Å². The monoisotopic (exact) mass is 341 g/mol. The van der Waals surface area contributed by atoms with Gasteiger partial charge in [0, 0.05) is 43.7 Å².